The molecule has 6 nitrogen and oxygen atoms in total. The highest BCUT2D eigenvalue weighted by atomic mass is 32.2. The predicted molar refractivity (Wildman–Crippen MR) is 85.6 cm³/mol. The number of fused-ring (bicyclic) bond motifs is 1. The van der Waals surface area contributed by atoms with Crippen molar-refractivity contribution in [3.8, 4) is 0 Å². The number of carbonyl (C=O) groups excluding carboxylic acids is 1. The molecule has 0 bridgehead atoms. The number of hydrogen-bond acceptors (Lipinski definition) is 4. The molecule has 0 unspecified atom stereocenters. The predicted octanol–water partition coefficient (Wildman–Crippen LogP) is 1.13. The summed E-state index contributed by atoms with van der Waals surface area (Å²) in [6.07, 6.45) is 3.66. The topological polar surface area (TPSA) is 78.8 Å². The Morgan fingerprint density at radius 2 is 1.83 bits per heavy atom. The summed E-state index contributed by atoms with van der Waals surface area (Å²) in [4.78, 5) is 14.4. The van der Waals surface area contributed by atoms with Crippen molar-refractivity contribution in [2.45, 2.75) is 36.6 Å². The van der Waals surface area contributed by atoms with Crippen LogP contribution in [0.2, 0.25) is 0 Å². The minimum atomic E-state index is -3.57. The van der Waals surface area contributed by atoms with Crippen LogP contribution in [0.3, 0.4) is 0 Å². The Morgan fingerprint density at radius 3 is 2.52 bits per heavy atom. The van der Waals surface area contributed by atoms with E-state index in [2.05, 4.69) is 9.71 Å². The van der Waals surface area contributed by atoms with Crippen molar-refractivity contribution < 1.29 is 13.2 Å². The maximum atomic E-state index is 12.1. The zero-order valence-corrected chi connectivity index (χ0v) is 13.6. The summed E-state index contributed by atoms with van der Waals surface area (Å²) in [5.41, 5.74) is 0.674. The van der Waals surface area contributed by atoms with Crippen LogP contribution in [-0.2, 0) is 14.8 Å². The first kappa shape index (κ1) is 14.7. The van der Waals surface area contributed by atoms with Gasteiger partial charge < -0.3 is 10.2 Å². The molecule has 1 aromatic rings. The van der Waals surface area contributed by atoms with Gasteiger partial charge in [0.1, 0.15) is 4.90 Å². The first-order chi connectivity index (χ1) is 11.0. The van der Waals surface area contributed by atoms with Crippen LogP contribution in [-0.4, -0.2) is 44.2 Å². The Balaban J connectivity index is 1.48. The molecular formula is C16H19N3O3S. The Morgan fingerprint density at radius 1 is 1.13 bits per heavy atom. The molecule has 2 aliphatic heterocycles. The highest BCUT2D eigenvalue weighted by molar-refractivity contribution is 7.90. The molecule has 3 aliphatic rings. The molecule has 1 aromatic carbocycles. The SMILES string of the molecule is O=C(NC1CC1)C1CCN(C2=NS(=O)(=O)c3ccccc32)CC1. The number of benzene rings is 1. The lowest BCUT2D eigenvalue weighted by atomic mass is 9.95. The van der Waals surface area contributed by atoms with Gasteiger partial charge in [0.05, 0.1) is 0 Å². The molecule has 2 fully saturated rings. The first-order valence-electron chi connectivity index (χ1n) is 8.04. The van der Waals surface area contributed by atoms with Crippen molar-refractivity contribution in [3.63, 3.8) is 0 Å². The molecule has 1 saturated heterocycles. The third kappa shape index (κ3) is 2.73. The lowest BCUT2D eigenvalue weighted by Gasteiger charge is -2.32. The maximum Gasteiger partial charge on any atom is 0.285 e. The van der Waals surface area contributed by atoms with Crippen LogP contribution in [0.4, 0.5) is 0 Å². The Bertz CT molecular complexity index is 776. The Hall–Kier alpha value is -1.89. The van der Waals surface area contributed by atoms with Gasteiger partial charge in [-0.15, -0.1) is 4.40 Å². The minimum absolute atomic E-state index is 0.0284. The summed E-state index contributed by atoms with van der Waals surface area (Å²) < 4.78 is 28.2. The van der Waals surface area contributed by atoms with E-state index in [9.17, 15) is 13.2 Å². The number of amides is 1. The van der Waals surface area contributed by atoms with E-state index >= 15 is 0 Å². The number of amidine groups is 1. The first-order valence-corrected chi connectivity index (χ1v) is 9.48. The molecule has 4 rings (SSSR count). The maximum absolute atomic E-state index is 12.1. The summed E-state index contributed by atoms with van der Waals surface area (Å²) in [5, 5.41) is 3.05. The molecule has 1 aliphatic carbocycles. The van der Waals surface area contributed by atoms with Crippen molar-refractivity contribution in [1.82, 2.24) is 10.2 Å². The number of nitrogens with zero attached hydrogens (tertiary/aromatic N) is 2. The highest BCUT2D eigenvalue weighted by Gasteiger charge is 2.35. The number of nitrogens with one attached hydrogen (secondary N) is 1. The van der Waals surface area contributed by atoms with Gasteiger partial charge in [-0.05, 0) is 37.8 Å². The molecule has 0 spiro atoms. The van der Waals surface area contributed by atoms with Gasteiger partial charge in [0.25, 0.3) is 10.0 Å². The fraction of sp³-hybridized carbons (Fsp3) is 0.500. The van der Waals surface area contributed by atoms with Crippen LogP contribution in [0.25, 0.3) is 0 Å². The molecule has 0 atom stereocenters. The van der Waals surface area contributed by atoms with Crippen molar-refractivity contribution in [2.24, 2.45) is 10.3 Å². The molecule has 0 radical (unpaired) electrons. The van der Waals surface area contributed by atoms with Gasteiger partial charge in [-0.2, -0.15) is 8.42 Å². The average Bonchev–Trinajstić information content (AvgIpc) is 3.32. The van der Waals surface area contributed by atoms with E-state index in [1.165, 1.54) is 0 Å². The van der Waals surface area contributed by atoms with E-state index in [1.54, 1.807) is 18.2 Å². The van der Waals surface area contributed by atoms with Crippen LogP contribution in [0, 0.1) is 5.92 Å². The lowest BCUT2D eigenvalue weighted by Crippen LogP contribution is -2.43. The smallest absolute Gasteiger partial charge is 0.285 e. The standard InChI is InChI=1S/C16H19N3O3S/c20-16(17-12-5-6-12)11-7-9-19(10-8-11)15-13-3-1-2-4-14(13)23(21,22)18-15/h1-4,11-12H,5-10H2,(H,17,20). The average molecular weight is 333 g/mol. The van der Waals surface area contributed by atoms with Crippen molar-refractivity contribution in [2.75, 3.05) is 13.1 Å². The third-order valence-corrected chi connectivity index (χ3v) is 6.03. The van der Waals surface area contributed by atoms with Crippen LogP contribution < -0.4 is 5.32 Å². The molecule has 1 saturated carbocycles. The van der Waals surface area contributed by atoms with E-state index in [1.807, 2.05) is 11.0 Å². The van der Waals surface area contributed by atoms with Gasteiger partial charge in [-0.3, -0.25) is 4.79 Å². The van der Waals surface area contributed by atoms with E-state index in [-0.39, 0.29) is 16.7 Å². The van der Waals surface area contributed by atoms with Gasteiger partial charge in [0.2, 0.25) is 5.91 Å². The quantitative estimate of drug-likeness (QED) is 0.880. The Kier molecular flexibility index (Phi) is 3.41. The van der Waals surface area contributed by atoms with E-state index in [4.69, 9.17) is 0 Å². The molecule has 23 heavy (non-hydrogen) atoms. The number of sulfonamides is 1. The summed E-state index contributed by atoms with van der Waals surface area (Å²) >= 11 is 0. The summed E-state index contributed by atoms with van der Waals surface area (Å²) in [6, 6.07) is 7.31. The van der Waals surface area contributed by atoms with Crippen molar-refractivity contribution in [3.05, 3.63) is 29.8 Å². The van der Waals surface area contributed by atoms with E-state index in [0.29, 0.717) is 30.5 Å². The fourth-order valence-corrected chi connectivity index (χ4v) is 4.44. The largest absolute Gasteiger partial charge is 0.355 e. The van der Waals surface area contributed by atoms with Gasteiger partial charge in [-0.1, -0.05) is 12.1 Å². The normalized spacial score (nSPS) is 23.3. The fourth-order valence-electron chi connectivity index (χ4n) is 3.22. The lowest BCUT2D eigenvalue weighted by molar-refractivity contribution is -0.126. The monoisotopic (exact) mass is 333 g/mol. The molecule has 7 heteroatoms. The van der Waals surface area contributed by atoms with E-state index in [0.717, 1.165) is 25.7 Å². The summed E-state index contributed by atoms with van der Waals surface area (Å²) in [6.45, 7) is 1.32. The Labute approximate surface area is 135 Å². The number of carbonyl (C=O) groups is 1. The third-order valence-electron chi connectivity index (χ3n) is 4.70. The molecule has 1 amide bonds. The zero-order chi connectivity index (χ0) is 16.0. The van der Waals surface area contributed by atoms with E-state index < -0.39 is 10.0 Å². The second-order valence-corrected chi connectivity index (χ2v) is 8.00. The number of hydrogen-bond donors (Lipinski definition) is 1. The molecule has 0 aromatic heterocycles. The second-order valence-electron chi connectivity index (χ2n) is 6.43. The zero-order valence-electron chi connectivity index (χ0n) is 12.7. The summed E-state index contributed by atoms with van der Waals surface area (Å²) in [7, 11) is -3.57. The number of piperidine rings is 1. The number of likely N-dealkylation sites (tertiary alicyclic amines) is 1. The van der Waals surface area contributed by atoms with Gasteiger partial charge in [0.15, 0.2) is 5.84 Å². The van der Waals surface area contributed by atoms with Gasteiger partial charge >= 0.3 is 0 Å². The van der Waals surface area contributed by atoms with Crippen LogP contribution in [0.5, 0.6) is 0 Å². The highest BCUT2D eigenvalue weighted by Crippen LogP contribution is 2.30. The van der Waals surface area contributed by atoms with Crippen LogP contribution >= 0.6 is 0 Å². The molecular weight excluding hydrogens is 314 g/mol. The minimum Gasteiger partial charge on any atom is -0.355 e. The molecule has 122 valence electrons. The van der Waals surface area contributed by atoms with Gasteiger partial charge in [-0.25, -0.2) is 0 Å². The second kappa shape index (κ2) is 5.33. The summed E-state index contributed by atoms with van der Waals surface area (Å²) in [5.74, 6) is 0.705. The molecule has 1 N–H and O–H groups in total. The van der Waals surface area contributed by atoms with Crippen LogP contribution in [0.15, 0.2) is 33.6 Å². The van der Waals surface area contributed by atoms with Crippen molar-refractivity contribution in [1.29, 1.82) is 0 Å². The molecule has 2 heterocycles. The van der Waals surface area contributed by atoms with Gasteiger partial charge in [0, 0.05) is 30.6 Å². The number of rotatable bonds is 2. The van der Waals surface area contributed by atoms with Crippen molar-refractivity contribution >= 4 is 21.8 Å². The van der Waals surface area contributed by atoms with Crippen LogP contribution in [0.1, 0.15) is 31.2 Å².